The molecule has 0 aliphatic heterocycles. The number of hydrogen-bond acceptors (Lipinski definition) is 3. The number of nitrogens with zero attached hydrogens (tertiary/aromatic N) is 1. The van der Waals surface area contributed by atoms with Gasteiger partial charge in [0.15, 0.2) is 11.3 Å². The monoisotopic (exact) mass is 377 g/mol. The largest absolute Gasteiger partial charge is 0.485 e. The SMILES string of the molecule is CC(=O)N(C)c1ccc(Cl)c(COc2cccc3cc(C)oc23)c1Cl. The Kier molecular flexibility index (Phi) is 4.93. The Balaban J connectivity index is 1.92. The van der Waals surface area contributed by atoms with E-state index in [-0.39, 0.29) is 12.5 Å². The van der Waals surface area contributed by atoms with E-state index in [2.05, 4.69) is 0 Å². The van der Waals surface area contributed by atoms with Crippen molar-refractivity contribution in [2.24, 2.45) is 0 Å². The molecule has 0 saturated carbocycles. The van der Waals surface area contributed by atoms with E-state index in [4.69, 9.17) is 32.4 Å². The first-order valence-electron chi connectivity index (χ1n) is 7.71. The molecule has 1 heterocycles. The second-order valence-corrected chi connectivity index (χ2v) is 6.54. The Morgan fingerprint density at radius 3 is 2.72 bits per heavy atom. The van der Waals surface area contributed by atoms with Gasteiger partial charge in [-0.1, -0.05) is 35.3 Å². The molecule has 0 aliphatic carbocycles. The van der Waals surface area contributed by atoms with Crippen LogP contribution in [-0.4, -0.2) is 13.0 Å². The molecule has 25 heavy (non-hydrogen) atoms. The molecule has 0 aliphatic rings. The third kappa shape index (κ3) is 3.46. The van der Waals surface area contributed by atoms with Crippen molar-refractivity contribution in [1.82, 2.24) is 0 Å². The first-order chi connectivity index (χ1) is 11.9. The van der Waals surface area contributed by atoms with Gasteiger partial charge in [0.05, 0.1) is 10.7 Å². The van der Waals surface area contributed by atoms with E-state index in [1.54, 1.807) is 19.2 Å². The van der Waals surface area contributed by atoms with Gasteiger partial charge in [0, 0.05) is 29.9 Å². The van der Waals surface area contributed by atoms with Gasteiger partial charge in [-0.25, -0.2) is 0 Å². The van der Waals surface area contributed by atoms with Gasteiger partial charge in [-0.2, -0.15) is 0 Å². The number of amides is 1. The van der Waals surface area contributed by atoms with Crippen LogP contribution >= 0.6 is 23.2 Å². The number of ether oxygens (including phenoxy) is 1. The van der Waals surface area contributed by atoms with Crippen LogP contribution in [0.15, 0.2) is 40.8 Å². The number of benzene rings is 2. The molecule has 0 saturated heterocycles. The van der Waals surface area contributed by atoms with E-state index in [0.29, 0.717) is 32.6 Å². The summed E-state index contributed by atoms with van der Waals surface area (Å²) in [7, 11) is 1.66. The molecule has 3 rings (SSSR count). The van der Waals surface area contributed by atoms with Crippen LogP contribution in [0.2, 0.25) is 10.0 Å². The standard InChI is InChI=1S/C19H17Cl2NO3/c1-11-9-13-5-4-6-17(19(13)25-11)24-10-14-15(20)7-8-16(18(14)21)22(3)12(2)23/h4-9H,10H2,1-3H3. The van der Waals surface area contributed by atoms with Crippen molar-refractivity contribution in [3.63, 3.8) is 0 Å². The number of fused-ring (bicyclic) bond motifs is 1. The summed E-state index contributed by atoms with van der Waals surface area (Å²) in [6, 6.07) is 11.1. The number of furan rings is 1. The van der Waals surface area contributed by atoms with Gasteiger partial charge in [0.2, 0.25) is 5.91 Å². The van der Waals surface area contributed by atoms with E-state index < -0.39 is 0 Å². The maximum Gasteiger partial charge on any atom is 0.223 e. The molecule has 0 bridgehead atoms. The van der Waals surface area contributed by atoms with Gasteiger partial charge in [-0.15, -0.1) is 0 Å². The van der Waals surface area contributed by atoms with Crippen LogP contribution in [0.5, 0.6) is 5.75 Å². The van der Waals surface area contributed by atoms with Crippen molar-refractivity contribution in [2.45, 2.75) is 20.5 Å². The lowest BCUT2D eigenvalue weighted by molar-refractivity contribution is -0.116. The fourth-order valence-corrected chi connectivity index (χ4v) is 3.18. The van der Waals surface area contributed by atoms with Crippen LogP contribution in [0.25, 0.3) is 11.0 Å². The van der Waals surface area contributed by atoms with E-state index >= 15 is 0 Å². The lowest BCUT2D eigenvalue weighted by Crippen LogP contribution is -2.23. The minimum atomic E-state index is -0.119. The molecule has 1 amide bonds. The van der Waals surface area contributed by atoms with Crippen molar-refractivity contribution in [3.05, 3.63) is 57.8 Å². The van der Waals surface area contributed by atoms with Gasteiger partial charge in [0.1, 0.15) is 12.4 Å². The molecule has 1 aromatic heterocycles. The summed E-state index contributed by atoms with van der Waals surface area (Å²) in [6.07, 6.45) is 0. The fraction of sp³-hybridized carbons (Fsp3) is 0.211. The maximum absolute atomic E-state index is 11.6. The summed E-state index contributed by atoms with van der Waals surface area (Å²) < 4.78 is 11.6. The van der Waals surface area contributed by atoms with E-state index in [0.717, 1.165) is 11.1 Å². The van der Waals surface area contributed by atoms with E-state index in [1.807, 2.05) is 31.2 Å². The highest BCUT2D eigenvalue weighted by atomic mass is 35.5. The fourth-order valence-electron chi connectivity index (χ4n) is 2.57. The van der Waals surface area contributed by atoms with Gasteiger partial charge in [-0.3, -0.25) is 4.79 Å². The van der Waals surface area contributed by atoms with Crippen molar-refractivity contribution in [2.75, 3.05) is 11.9 Å². The molecule has 0 fully saturated rings. The number of carbonyl (C=O) groups is 1. The number of hydrogen-bond donors (Lipinski definition) is 0. The molecule has 4 nitrogen and oxygen atoms in total. The van der Waals surface area contributed by atoms with Crippen molar-refractivity contribution < 1.29 is 13.9 Å². The highest BCUT2D eigenvalue weighted by Crippen LogP contribution is 2.35. The number of aryl methyl sites for hydroxylation is 1. The van der Waals surface area contributed by atoms with Gasteiger partial charge < -0.3 is 14.1 Å². The topological polar surface area (TPSA) is 42.7 Å². The average molecular weight is 378 g/mol. The summed E-state index contributed by atoms with van der Waals surface area (Å²) in [4.78, 5) is 13.1. The van der Waals surface area contributed by atoms with Crippen LogP contribution in [-0.2, 0) is 11.4 Å². The Hall–Kier alpha value is -2.17. The van der Waals surface area contributed by atoms with Crippen molar-refractivity contribution in [1.29, 1.82) is 0 Å². The van der Waals surface area contributed by atoms with Crippen molar-refractivity contribution >= 4 is 45.8 Å². The Labute approximate surface area is 155 Å². The normalized spacial score (nSPS) is 10.9. The lowest BCUT2D eigenvalue weighted by atomic mass is 10.2. The average Bonchev–Trinajstić information content (AvgIpc) is 2.95. The molecule has 3 aromatic rings. The minimum Gasteiger partial charge on any atom is -0.485 e. The second-order valence-electron chi connectivity index (χ2n) is 5.76. The number of rotatable bonds is 4. The van der Waals surface area contributed by atoms with Crippen LogP contribution in [0.3, 0.4) is 0 Å². The van der Waals surface area contributed by atoms with Crippen molar-refractivity contribution in [3.8, 4) is 5.75 Å². The van der Waals surface area contributed by atoms with Gasteiger partial charge in [0.25, 0.3) is 0 Å². The van der Waals surface area contributed by atoms with E-state index in [9.17, 15) is 4.79 Å². The van der Waals surface area contributed by atoms with Crippen LogP contribution in [0, 0.1) is 6.92 Å². The third-order valence-electron chi connectivity index (χ3n) is 4.00. The molecular weight excluding hydrogens is 361 g/mol. The van der Waals surface area contributed by atoms with E-state index in [1.165, 1.54) is 11.8 Å². The predicted octanol–water partition coefficient (Wildman–Crippen LogP) is 5.61. The Morgan fingerprint density at radius 1 is 1.24 bits per heavy atom. The number of carbonyl (C=O) groups excluding carboxylic acids is 1. The molecule has 0 unspecified atom stereocenters. The maximum atomic E-state index is 11.6. The Morgan fingerprint density at radius 2 is 2.00 bits per heavy atom. The molecule has 130 valence electrons. The quantitative estimate of drug-likeness (QED) is 0.593. The summed E-state index contributed by atoms with van der Waals surface area (Å²) in [5.41, 5.74) is 1.89. The first-order valence-corrected chi connectivity index (χ1v) is 8.47. The molecular formula is C19H17Cl2NO3. The van der Waals surface area contributed by atoms with Gasteiger partial charge >= 0.3 is 0 Å². The number of halogens is 2. The lowest BCUT2D eigenvalue weighted by Gasteiger charge is -2.19. The zero-order chi connectivity index (χ0) is 18.1. The van der Waals surface area contributed by atoms with Gasteiger partial charge in [-0.05, 0) is 31.2 Å². The predicted molar refractivity (Wildman–Crippen MR) is 101 cm³/mol. The summed E-state index contributed by atoms with van der Waals surface area (Å²) in [6.45, 7) is 3.52. The summed E-state index contributed by atoms with van der Waals surface area (Å²) in [5, 5.41) is 1.85. The first kappa shape index (κ1) is 17.6. The summed E-state index contributed by atoms with van der Waals surface area (Å²) in [5.74, 6) is 1.31. The Bertz CT molecular complexity index is 949. The molecule has 0 spiro atoms. The number of anilines is 1. The zero-order valence-corrected chi connectivity index (χ0v) is 15.6. The highest BCUT2D eigenvalue weighted by Gasteiger charge is 2.17. The molecule has 2 aromatic carbocycles. The second kappa shape index (κ2) is 6.98. The molecule has 0 radical (unpaired) electrons. The van der Waals surface area contributed by atoms with Crippen LogP contribution in [0.4, 0.5) is 5.69 Å². The zero-order valence-electron chi connectivity index (χ0n) is 14.1. The summed E-state index contributed by atoms with van der Waals surface area (Å²) >= 11 is 12.7. The molecule has 0 N–H and O–H groups in total. The van der Waals surface area contributed by atoms with Crippen LogP contribution in [0.1, 0.15) is 18.2 Å². The third-order valence-corrected chi connectivity index (χ3v) is 4.78. The highest BCUT2D eigenvalue weighted by molar-refractivity contribution is 6.38. The molecule has 6 heteroatoms. The minimum absolute atomic E-state index is 0.119. The molecule has 0 atom stereocenters. The number of para-hydroxylation sites is 1. The smallest absolute Gasteiger partial charge is 0.223 e. The van der Waals surface area contributed by atoms with Crippen LogP contribution < -0.4 is 9.64 Å².